The molecule has 0 unspecified atom stereocenters. The van der Waals surface area contributed by atoms with E-state index in [1.165, 1.54) is 19.3 Å². The van der Waals surface area contributed by atoms with Crippen molar-refractivity contribution in [3.63, 3.8) is 0 Å². The number of aliphatic hydroxyl groups excluding tert-OH is 1. The summed E-state index contributed by atoms with van der Waals surface area (Å²) in [6.45, 7) is 6.65. The van der Waals surface area contributed by atoms with E-state index in [0.29, 0.717) is 37.0 Å². The summed E-state index contributed by atoms with van der Waals surface area (Å²) < 4.78 is 5.24. The molecule has 0 radical (unpaired) electrons. The number of hydrogen-bond acceptors (Lipinski definition) is 5. The minimum atomic E-state index is -0.518. The average molecular weight is 321 g/mol. The molecule has 3 rings (SSSR count). The van der Waals surface area contributed by atoms with Crippen molar-refractivity contribution in [1.82, 2.24) is 15.0 Å². The van der Waals surface area contributed by atoms with Crippen LogP contribution in [0.15, 0.2) is 4.52 Å². The second-order valence-electron chi connectivity index (χ2n) is 7.77. The fraction of sp³-hybridized carbons (Fsp3) is 0.824. The fourth-order valence-corrected chi connectivity index (χ4v) is 4.04. The van der Waals surface area contributed by atoms with Crippen LogP contribution in [0, 0.1) is 18.3 Å². The first-order valence-electron chi connectivity index (χ1n) is 8.64. The number of aryl methyl sites for hydroxylation is 1. The third-order valence-corrected chi connectivity index (χ3v) is 5.58. The Morgan fingerprint density at radius 3 is 2.87 bits per heavy atom. The lowest BCUT2D eigenvalue weighted by Gasteiger charge is -2.39. The molecule has 6 heteroatoms. The van der Waals surface area contributed by atoms with Crippen molar-refractivity contribution in [2.75, 3.05) is 6.54 Å². The van der Waals surface area contributed by atoms with Gasteiger partial charge in [-0.25, -0.2) is 0 Å². The van der Waals surface area contributed by atoms with Crippen molar-refractivity contribution in [1.29, 1.82) is 0 Å². The van der Waals surface area contributed by atoms with Gasteiger partial charge in [-0.2, -0.15) is 4.98 Å². The number of amides is 1. The lowest BCUT2D eigenvalue weighted by molar-refractivity contribution is -0.135. The second-order valence-corrected chi connectivity index (χ2v) is 7.77. The smallest absolute Gasteiger partial charge is 0.249 e. The third-order valence-electron chi connectivity index (χ3n) is 5.58. The molecule has 2 aliphatic rings. The minimum Gasteiger partial charge on any atom is -0.391 e. The van der Waals surface area contributed by atoms with Crippen LogP contribution in [0.5, 0.6) is 0 Å². The summed E-state index contributed by atoms with van der Waals surface area (Å²) in [5, 5.41) is 13.8. The van der Waals surface area contributed by atoms with Gasteiger partial charge in [0.05, 0.1) is 6.10 Å². The summed E-state index contributed by atoms with van der Waals surface area (Å²) in [7, 11) is 0. The fourth-order valence-electron chi connectivity index (χ4n) is 4.04. The highest BCUT2D eigenvalue weighted by Gasteiger charge is 2.41. The maximum absolute atomic E-state index is 12.9. The molecular formula is C17H27N3O3. The van der Waals surface area contributed by atoms with Crippen LogP contribution in [0.3, 0.4) is 0 Å². The molecule has 1 saturated heterocycles. The molecule has 1 aliphatic heterocycles. The largest absolute Gasteiger partial charge is 0.391 e. The van der Waals surface area contributed by atoms with Crippen molar-refractivity contribution < 1.29 is 14.4 Å². The van der Waals surface area contributed by atoms with Gasteiger partial charge in [0, 0.05) is 19.4 Å². The topological polar surface area (TPSA) is 79.5 Å². The average Bonchev–Trinajstić information content (AvgIpc) is 3.07. The monoisotopic (exact) mass is 321 g/mol. The number of aromatic nitrogens is 2. The van der Waals surface area contributed by atoms with Crippen molar-refractivity contribution in [3.8, 4) is 0 Å². The number of likely N-dealkylation sites (tertiary alicyclic amines) is 1. The highest BCUT2D eigenvalue weighted by Crippen LogP contribution is 2.43. The predicted molar refractivity (Wildman–Crippen MR) is 84.5 cm³/mol. The molecule has 1 amide bonds. The number of aliphatic hydroxyl groups is 1. The summed E-state index contributed by atoms with van der Waals surface area (Å²) in [5.41, 5.74) is 0.211. The normalized spacial score (nSPS) is 30.6. The van der Waals surface area contributed by atoms with E-state index < -0.39 is 6.10 Å². The predicted octanol–water partition coefficient (Wildman–Crippen LogP) is 2.62. The highest BCUT2D eigenvalue weighted by molar-refractivity contribution is 5.77. The molecule has 23 heavy (non-hydrogen) atoms. The summed E-state index contributed by atoms with van der Waals surface area (Å²) in [6, 6.07) is -0.287. The Morgan fingerprint density at radius 1 is 1.43 bits per heavy atom. The van der Waals surface area contributed by atoms with Gasteiger partial charge in [0.2, 0.25) is 11.8 Å². The molecule has 6 nitrogen and oxygen atoms in total. The van der Waals surface area contributed by atoms with E-state index in [1.807, 2.05) is 0 Å². The zero-order valence-electron chi connectivity index (χ0n) is 14.3. The molecule has 0 spiro atoms. The van der Waals surface area contributed by atoms with Gasteiger partial charge in [-0.05, 0) is 31.1 Å². The van der Waals surface area contributed by atoms with Gasteiger partial charge in [-0.3, -0.25) is 4.79 Å². The SMILES string of the molecule is Cc1noc([C@H]2C[C@@H](O)CN2C(=O)C[C@H]2CCCCC2(C)C)n1. The van der Waals surface area contributed by atoms with Crippen LogP contribution in [0.25, 0.3) is 0 Å². The molecule has 128 valence electrons. The molecule has 0 bridgehead atoms. The molecule has 1 saturated carbocycles. The Hall–Kier alpha value is -1.43. The Kier molecular flexibility index (Phi) is 4.45. The molecule has 1 aromatic rings. The maximum Gasteiger partial charge on any atom is 0.249 e. The van der Waals surface area contributed by atoms with Crippen LogP contribution in [0.4, 0.5) is 0 Å². The Balaban J connectivity index is 1.72. The van der Waals surface area contributed by atoms with Crippen LogP contribution in [-0.2, 0) is 4.79 Å². The van der Waals surface area contributed by atoms with E-state index in [1.54, 1.807) is 11.8 Å². The lowest BCUT2D eigenvalue weighted by Crippen LogP contribution is -2.37. The van der Waals surface area contributed by atoms with Crippen LogP contribution in [0.1, 0.15) is 70.1 Å². The van der Waals surface area contributed by atoms with Gasteiger partial charge in [-0.1, -0.05) is 31.8 Å². The number of nitrogens with zero attached hydrogens (tertiary/aromatic N) is 3. The molecule has 2 heterocycles. The number of rotatable bonds is 3. The molecule has 3 atom stereocenters. The zero-order chi connectivity index (χ0) is 16.6. The van der Waals surface area contributed by atoms with Gasteiger partial charge >= 0.3 is 0 Å². The third kappa shape index (κ3) is 3.42. The van der Waals surface area contributed by atoms with Crippen molar-refractivity contribution >= 4 is 5.91 Å². The summed E-state index contributed by atoms with van der Waals surface area (Å²) in [6.07, 6.45) is 5.25. The van der Waals surface area contributed by atoms with Crippen LogP contribution < -0.4 is 0 Å². The lowest BCUT2D eigenvalue weighted by atomic mass is 9.67. The van der Waals surface area contributed by atoms with E-state index in [-0.39, 0.29) is 17.4 Å². The van der Waals surface area contributed by atoms with Crippen LogP contribution >= 0.6 is 0 Å². The van der Waals surface area contributed by atoms with Crippen LogP contribution in [0.2, 0.25) is 0 Å². The Bertz CT molecular complexity index is 569. The number of carbonyl (C=O) groups excluding carboxylic acids is 1. The molecule has 1 N–H and O–H groups in total. The molecule has 1 aromatic heterocycles. The highest BCUT2D eigenvalue weighted by atomic mass is 16.5. The van der Waals surface area contributed by atoms with Crippen LogP contribution in [-0.4, -0.2) is 38.7 Å². The van der Waals surface area contributed by atoms with E-state index in [2.05, 4.69) is 24.0 Å². The summed E-state index contributed by atoms with van der Waals surface area (Å²) in [5.74, 6) is 1.51. The molecular weight excluding hydrogens is 294 g/mol. The van der Waals surface area contributed by atoms with E-state index in [0.717, 1.165) is 6.42 Å². The van der Waals surface area contributed by atoms with Crippen molar-refractivity contribution in [2.45, 2.75) is 71.4 Å². The number of β-amino-alcohol motifs (C(OH)–C–C–N with tert-alkyl or cyclic N) is 1. The first-order chi connectivity index (χ1) is 10.9. The molecule has 0 aromatic carbocycles. The van der Waals surface area contributed by atoms with Crippen molar-refractivity contribution in [3.05, 3.63) is 11.7 Å². The number of hydrogen-bond donors (Lipinski definition) is 1. The van der Waals surface area contributed by atoms with E-state index in [4.69, 9.17) is 4.52 Å². The van der Waals surface area contributed by atoms with Crippen molar-refractivity contribution in [2.24, 2.45) is 11.3 Å². The molecule has 1 aliphatic carbocycles. The van der Waals surface area contributed by atoms with Gasteiger partial charge in [-0.15, -0.1) is 0 Å². The first kappa shape index (κ1) is 16.4. The second kappa shape index (κ2) is 6.23. The van der Waals surface area contributed by atoms with Gasteiger partial charge < -0.3 is 14.5 Å². The Morgan fingerprint density at radius 2 is 2.22 bits per heavy atom. The minimum absolute atomic E-state index is 0.0994. The standard InChI is InChI=1S/C17H27N3O3/c1-11-18-16(23-19-11)14-9-13(21)10-20(14)15(22)8-12-6-4-5-7-17(12,2)3/h12-14,21H,4-10H2,1-3H3/t12-,13-,14-/m1/s1. The first-order valence-corrected chi connectivity index (χ1v) is 8.64. The van der Waals surface area contributed by atoms with Gasteiger partial charge in [0.25, 0.3) is 0 Å². The quantitative estimate of drug-likeness (QED) is 0.925. The van der Waals surface area contributed by atoms with Gasteiger partial charge in [0.15, 0.2) is 5.82 Å². The number of carbonyl (C=O) groups is 1. The molecule has 2 fully saturated rings. The maximum atomic E-state index is 12.9. The van der Waals surface area contributed by atoms with Gasteiger partial charge in [0.1, 0.15) is 6.04 Å². The summed E-state index contributed by atoms with van der Waals surface area (Å²) >= 11 is 0. The Labute approximate surface area is 137 Å². The zero-order valence-corrected chi connectivity index (χ0v) is 14.3. The van der Waals surface area contributed by atoms with E-state index in [9.17, 15) is 9.90 Å². The van der Waals surface area contributed by atoms with E-state index >= 15 is 0 Å². The summed E-state index contributed by atoms with van der Waals surface area (Å²) in [4.78, 5) is 18.9.